The molecule has 146 valence electrons. The summed E-state index contributed by atoms with van der Waals surface area (Å²) in [5.41, 5.74) is 0.972. The second-order valence-electron chi connectivity index (χ2n) is 8.00. The first-order valence-corrected chi connectivity index (χ1v) is 10.2. The molecule has 2 aromatic rings. The predicted molar refractivity (Wildman–Crippen MR) is 106 cm³/mol. The number of rotatable bonds is 5. The molecule has 2 aliphatic rings. The van der Waals surface area contributed by atoms with Crippen LogP contribution in [0.15, 0.2) is 34.9 Å². The average molecular weight is 370 g/mol. The summed E-state index contributed by atoms with van der Waals surface area (Å²) in [6, 6.07) is 9.96. The van der Waals surface area contributed by atoms with Gasteiger partial charge in [-0.25, -0.2) is 0 Å². The molecule has 27 heavy (non-hydrogen) atoms. The lowest BCUT2D eigenvalue weighted by atomic mass is 9.93. The van der Waals surface area contributed by atoms with E-state index in [9.17, 15) is 0 Å². The smallest absolute Gasteiger partial charge is 0.266 e. The summed E-state index contributed by atoms with van der Waals surface area (Å²) >= 11 is 0. The van der Waals surface area contributed by atoms with Crippen LogP contribution in [0.25, 0.3) is 11.5 Å². The number of ether oxygens (including phenoxy) is 1. The van der Waals surface area contributed by atoms with Gasteiger partial charge in [0.05, 0.1) is 12.2 Å². The molecule has 0 radical (unpaired) electrons. The summed E-state index contributed by atoms with van der Waals surface area (Å²) in [7, 11) is 0. The molecule has 1 aromatic heterocycles. The van der Waals surface area contributed by atoms with Gasteiger partial charge in [0, 0.05) is 31.7 Å². The van der Waals surface area contributed by atoms with Crippen molar-refractivity contribution in [2.45, 2.75) is 45.3 Å². The van der Waals surface area contributed by atoms with E-state index in [1.54, 1.807) is 0 Å². The average Bonchev–Trinajstić information content (AvgIpc) is 3.17. The number of hydrogen-bond donors (Lipinski definition) is 0. The number of piperidine rings is 1. The van der Waals surface area contributed by atoms with Gasteiger partial charge in [-0.1, -0.05) is 18.2 Å². The third-order valence-electron chi connectivity index (χ3n) is 5.68. The van der Waals surface area contributed by atoms with Crippen molar-refractivity contribution in [3.63, 3.8) is 0 Å². The highest BCUT2D eigenvalue weighted by Crippen LogP contribution is 2.26. The van der Waals surface area contributed by atoms with Crippen molar-refractivity contribution in [1.29, 1.82) is 0 Å². The molecule has 4 rings (SSSR count). The molecule has 0 bridgehead atoms. The van der Waals surface area contributed by atoms with Gasteiger partial charge in [-0.2, -0.15) is 4.98 Å². The van der Waals surface area contributed by atoms with E-state index in [0.717, 1.165) is 43.6 Å². The zero-order chi connectivity index (χ0) is 18.6. The van der Waals surface area contributed by atoms with E-state index in [4.69, 9.17) is 9.26 Å². The Morgan fingerprint density at radius 1 is 1.04 bits per heavy atom. The highest BCUT2D eigenvalue weighted by molar-refractivity contribution is 5.54. The maximum absolute atomic E-state index is 5.83. The van der Waals surface area contributed by atoms with Crippen molar-refractivity contribution in [2.75, 3.05) is 37.6 Å². The molecule has 2 atom stereocenters. The Bertz CT molecular complexity index is 702. The number of aromatic nitrogens is 2. The molecule has 6 heteroatoms. The van der Waals surface area contributed by atoms with Gasteiger partial charge in [-0.05, 0) is 62.9 Å². The van der Waals surface area contributed by atoms with Crippen molar-refractivity contribution in [3.05, 3.63) is 30.3 Å². The number of benzene rings is 1. The summed E-state index contributed by atoms with van der Waals surface area (Å²) in [6.45, 7) is 9.68. The van der Waals surface area contributed by atoms with E-state index < -0.39 is 0 Å². The molecular weight excluding hydrogens is 340 g/mol. The number of anilines is 1. The van der Waals surface area contributed by atoms with Crippen molar-refractivity contribution in [2.24, 2.45) is 5.92 Å². The Morgan fingerprint density at radius 2 is 1.74 bits per heavy atom. The quantitative estimate of drug-likeness (QED) is 0.803. The lowest BCUT2D eigenvalue weighted by molar-refractivity contribution is -0.0690. The van der Waals surface area contributed by atoms with Crippen LogP contribution in [-0.4, -0.2) is 60.0 Å². The first-order valence-electron chi connectivity index (χ1n) is 10.2. The van der Waals surface area contributed by atoms with Gasteiger partial charge in [0.1, 0.15) is 0 Å². The molecular formula is C21H30N4O2. The van der Waals surface area contributed by atoms with Crippen LogP contribution in [0.4, 0.5) is 5.95 Å². The molecule has 0 spiro atoms. The molecule has 2 fully saturated rings. The van der Waals surface area contributed by atoms with E-state index in [1.165, 1.54) is 25.8 Å². The maximum atomic E-state index is 5.83. The second-order valence-corrected chi connectivity index (χ2v) is 8.00. The number of hydrogen-bond acceptors (Lipinski definition) is 6. The summed E-state index contributed by atoms with van der Waals surface area (Å²) in [6.07, 6.45) is 4.38. The Morgan fingerprint density at radius 3 is 2.44 bits per heavy atom. The Hall–Kier alpha value is -1.92. The molecule has 0 aliphatic carbocycles. The van der Waals surface area contributed by atoms with Crippen LogP contribution in [0.5, 0.6) is 0 Å². The Balaban J connectivity index is 1.25. The van der Waals surface area contributed by atoms with Crippen LogP contribution in [0, 0.1) is 5.92 Å². The molecule has 2 unspecified atom stereocenters. The molecule has 2 aliphatic heterocycles. The van der Waals surface area contributed by atoms with Crippen LogP contribution >= 0.6 is 0 Å². The zero-order valence-corrected chi connectivity index (χ0v) is 16.4. The van der Waals surface area contributed by atoms with Gasteiger partial charge in [0.25, 0.3) is 11.8 Å². The first-order chi connectivity index (χ1) is 13.2. The van der Waals surface area contributed by atoms with Crippen molar-refractivity contribution in [1.82, 2.24) is 15.0 Å². The number of morpholine rings is 1. The molecule has 1 aromatic carbocycles. The van der Waals surface area contributed by atoms with E-state index in [0.29, 0.717) is 18.1 Å². The van der Waals surface area contributed by atoms with Gasteiger partial charge in [-0.3, -0.25) is 4.90 Å². The second kappa shape index (κ2) is 8.40. The van der Waals surface area contributed by atoms with Crippen molar-refractivity contribution < 1.29 is 9.26 Å². The third-order valence-corrected chi connectivity index (χ3v) is 5.68. The van der Waals surface area contributed by atoms with Crippen LogP contribution in [0.3, 0.4) is 0 Å². The zero-order valence-electron chi connectivity index (χ0n) is 16.4. The van der Waals surface area contributed by atoms with E-state index in [-0.39, 0.29) is 0 Å². The Labute approximate surface area is 161 Å². The largest absolute Gasteiger partial charge is 0.373 e. The molecule has 0 amide bonds. The van der Waals surface area contributed by atoms with Gasteiger partial charge in [-0.15, -0.1) is 0 Å². The summed E-state index contributed by atoms with van der Waals surface area (Å²) in [5, 5.41) is 4.20. The highest BCUT2D eigenvalue weighted by Gasteiger charge is 2.26. The standard InChI is InChI=1S/C21H30N4O2/c1-16-14-24(15-17(2)26-16)11-8-18-9-12-25(13-10-18)21-22-20(27-23-21)19-6-4-3-5-7-19/h3-7,16-18H,8-15H2,1-2H3. The fourth-order valence-corrected chi connectivity index (χ4v) is 4.30. The normalized spacial score (nSPS) is 25.0. The predicted octanol–water partition coefficient (Wildman–Crippen LogP) is 3.45. The lowest BCUT2D eigenvalue weighted by Crippen LogP contribution is -2.46. The minimum absolute atomic E-state index is 0.354. The molecule has 0 saturated carbocycles. The SMILES string of the molecule is CC1CN(CCC2CCN(c3noc(-c4ccccc4)n3)CC2)CC(C)O1. The fraction of sp³-hybridized carbons (Fsp3) is 0.619. The van der Waals surface area contributed by atoms with Gasteiger partial charge in [0.2, 0.25) is 0 Å². The summed E-state index contributed by atoms with van der Waals surface area (Å²) in [4.78, 5) is 9.41. The fourth-order valence-electron chi connectivity index (χ4n) is 4.30. The van der Waals surface area contributed by atoms with Gasteiger partial charge < -0.3 is 14.2 Å². The van der Waals surface area contributed by atoms with Crippen LogP contribution < -0.4 is 4.90 Å². The molecule has 3 heterocycles. The summed E-state index contributed by atoms with van der Waals surface area (Å²) < 4.78 is 11.3. The van der Waals surface area contributed by atoms with E-state index >= 15 is 0 Å². The molecule has 2 saturated heterocycles. The number of nitrogens with zero attached hydrogens (tertiary/aromatic N) is 4. The van der Waals surface area contributed by atoms with Gasteiger partial charge >= 0.3 is 0 Å². The molecule has 0 N–H and O–H groups in total. The highest BCUT2D eigenvalue weighted by atomic mass is 16.5. The van der Waals surface area contributed by atoms with Crippen LogP contribution in [0.1, 0.15) is 33.1 Å². The van der Waals surface area contributed by atoms with Crippen LogP contribution in [0.2, 0.25) is 0 Å². The maximum Gasteiger partial charge on any atom is 0.266 e. The topological polar surface area (TPSA) is 54.6 Å². The first kappa shape index (κ1) is 18.4. The van der Waals surface area contributed by atoms with Crippen molar-refractivity contribution in [3.8, 4) is 11.5 Å². The molecule has 6 nitrogen and oxygen atoms in total. The minimum Gasteiger partial charge on any atom is -0.373 e. The van der Waals surface area contributed by atoms with E-state index in [2.05, 4.69) is 33.8 Å². The summed E-state index contributed by atoms with van der Waals surface area (Å²) in [5.74, 6) is 2.11. The monoisotopic (exact) mass is 370 g/mol. The third kappa shape index (κ3) is 4.68. The van der Waals surface area contributed by atoms with Crippen molar-refractivity contribution >= 4 is 5.95 Å². The Kier molecular flexibility index (Phi) is 5.74. The van der Waals surface area contributed by atoms with E-state index in [1.807, 2.05) is 30.3 Å². The lowest BCUT2D eigenvalue weighted by Gasteiger charge is -2.37. The minimum atomic E-state index is 0.354. The van der Waals surface area contributed by atoms with Gasteiger partial charge in [0.15, 0.2) is 0 Å². The van der Waals surface area contributed by atoms with Crippen LogP contribution in [-0.2, 0) is 4.74 Å².